The summed E-state index contributed by atoms with van der Waals surface area (Å²) in [5, 5.41) is 4.75. The fourth-order valence-electron chi connectivity index (χ4n) is 2.05. The van der Waals surface area contributed by atoms with E-state index in [-0.39, 0.29) is 0 Å². The average Bonchev–Trinajstić information content (AvgIpc) is 3.05. The zero-order chi connectivity index (χ0) is 12.3. The van der Waals surface area contributed by atoms with Crippen molar-refractivity contribution >= 4 is 112 Å². The molecule has 4 aromatic heterocycles. The molecule has 0 amide bonds. The van der Waals surface area contributed by atoms with Gasteiger partial charge in [-0.05, 0) is 0 Å². The molecule has 92 valence electrons. The van der Waals surface area contributed by atoms with Crippen LogP contribution in [0.1, 0.15) is 0 Å². The molecular weight excluding hydrogens is 430 g/mol. The van der Waals surface area contributed by atoms with E-state index in [1.807, 2.05) is 45.3 Å². The molecule has 0 nitrogen and oxygen atoms in total. The molecule has 0 N–H and O–H groups in total. The Hall–Kier alpha value is 0.619. The molecule has 4 rings (SSSR count). The zero-order valence-electron chi connectivity index (χ0n) is 9.60. The van der Waals surface area contributed by atoms with Crippen LogP contribution in [-0.2, 0) is 0 Å². The normalized spacial score (nSPS) is 12.3. The molecule has 0 atom stereocenters. The van der Waals surface area contributed by atoms with Gasteiger partial charge in [0.05, 0.1) is 0 Å². The molecule has 0 radical (unpaired) electrons. The summed E-state index contributed by atoms with van der Waals surface area (Å²) in [6, 6.07) is 0. The van der Waals surface area contributed by atoms with Crippen LogP contribution in [-0.4, -0.2) is 29.9 Å². The first-order valence-corrected chi connectivity index (χ1v) is 13.8. The Morgan fingerprint density at radius 3 is 1.50 bits per heavy atom. The van der Waals surface area contributed by atoms with Crippen LogP contribution in [0, 0.1) is 0 Å². The van der Waals surface area contributed by atoms with E-state index in [2.05, 4.69) is 22.4 Å². The Labute approximate surface area is 133 Å². The molecule has 4 aromatic rings. The van der Waals surface area contributed by atoms with Crippen LogP contribution in [0.25, 0.3) is 28.2 Å². The van der Waals surface area contributed by atoms with Gasteiger partial charge < -0.3 is 0 Å². The van der Waals surface area contributed by atoms with Gasteiger partial charge in [-0.1, -0.05) is 0 Å². The summed E-state index contributed by atoms with van der Waals surface area (Å²) in [6.07, 6.45) is 0. The average molecular weight is 438 g/mol. The van der Waals surface area contributed by atoms with E-state index in [1.54, 1.807) is 37.1 Å². The van der Waals surface area contributed by atoms with E-state index in [0.29, 0.717) is 29.9 Å². The van der Waals surface area contributed by atoms with Crippen LogP contribution in [0.3, 0.4) is 0 Å². The Bertz CT molecular complexity index is 788. The van der Waals surface area contributed by atoms with Gasteiger partial charge in [-0.25, -0.2) is 0 Å². The Kier molecular flexibility index (Phi) is 3.14. The van der Waals surface area contributed by atoms with Gasteiger partial charge in [0.2, 0.25) is 0 Å². The molecule has 0 fully saturated rings. The van der Waals surface area contributed by atoms with Gasteiger partial charge in [0.1, 0.15) is 0 Å². The number of hydrogen-bond acceptors (Lipinski definition) is 4. The van der Waals surface area contributed by atoms with E-state index in [9.17, 15) is 0 Å². The monoisotopic (exact) mass is 440 g/mol. The van der Waals surface area contributed by atoms with E-state index in [1.165, 1.54) is 0 Å². The second kappa shape index (κ2) is 4.57. The van der Waals surface area contributed by atoms with E-state index in [0.717, 1.165) is 0 Å². The van der Waals surface area contributed by atoms with Crippen molar-refractivity contribution < 1.29 is 0 Å². The zero-order valence-corrected chi connectivity index (χ0v) is 16.3. The Morgan fingerprint density at radius 2 is 1.11 bits per heavy atom. The second-order valence-electron chi connectivity index (χ2n) is 3.79. The first-order valence-electron chi connectivity index (χ1n) is 5.25. The molecule has 0 bridgehead atoms. The van der Waals surface area contributed by atoms with Crippen molar-refractivity contribution in [2.45, 2.75) is 11.6 Å². The van der Waals surface area contributed by atoms with Crippen LogP contribution in [0.2, 0.25) is 11.6 Å². The van der Waals surface area contributed by atoms with Gasteiger partial charge in [-0.2, -0.15) is 0 Å². The minimum atomic E-state index is 0.622. The maximum absolute atomic E-state index is 2.37. The fraction of sp³-hybridized carbons (Fsp3) is 0.167. The SMILES string of the molecule is C[Se]c1csc2c1sc1c3scc([Se]C)c3sc21. The van der Waals surface area contributed by atoms with Crippen molar-refractivity contribution in [2.75, 3.05) is 0 Å². The first-order chi connectivity index (χ1) is 8.83. The molecule has 4 heterocycles. The molecule has 0 aliphatic carbocycles. The van der Waals surface area contributed by atoms with Gasteiger partial charge in [0, 0.05) is 0 Å². The van der Waals surface area contributed by atoms with Gasteiger partial charge in [-0.3, -0.25) is 0 Å². The molecule has 0 aromatic carbocycles. The summed E-state index contributed by atoms with van der Waals surface area (Å²) >= 11 is 9.22. The predicted octanol–water partition coefficient (Wildman–Crippen LogP) is 4.15. The summed E-state index contributed by atoms with van der Waals surface area (Å²) in [7, 11) is 0. The molecular formula is C12H8S4Se2. The molecule has 0 saturated heterocycles. The number of rotatable bonds is 2. The van der Waals surface area contributed by atoms with Crippen LogP contribution in [0.15, 0.2) is 10.8 Å². The fourth-order valence-corrected chi connectivity index (χ4v) is 12.1. The first kappa shape index (κ1) is 12.4. The van der Waals surface area contributed by atoms with Crippen molar-refractivity contribution in [1.82, 2.24) is 0 Å². The van der Waals surface area contributed by atoms with Crippen molar-refractivity contribution in [3.63, 3.8) is 0 Å². The van der Waals surface area contributed by atoms with Crippen LogP contribution in [0.5, 0.6) is 0 Å². The molecule has 0 unspecified atom stereocenters. The molecule has 18 heavy (non-hydrogen) atoms. The van der Waals surface area contributed by atoms with Crippen LogP contribution < -0.4 is 8.92 Å². The van der Waals surface area contributed by atoms with E-state index < -0.39 is 0 Å². The topological polar surface area (TPSA) is 0 Å². The van der Waals surface area contributed by atoms with Crippen LogP contribution in [0.4, 0.5) is 0 Å². The van der Waals surface area contributed by atoms with Gasteiger partial charge in [-0.15, -0.1) is 0 Å². The third-order valence-electron chi connectivity index (χ3n) is 2.89. The third-order valence-corrected chi connectivity index (χ3v) is 12.5. The number of thiophene rings is 4. The van der Waals surface area contributed by atoms with Crippen molar-refractivity contribution in [3.05, 3.63) is 10.8 Å². The Morgan fingerprint density at radius 1 is 0.667 bits per heavy atom. The molecule has 0 saturated carbocycles. The van der Waals surface area contributed by atoms with Crippen molar-refractivity contribution in [3.8, 4) is 0 Å². The standard InChI is InChI=1S/C12H8S4Se2/c1-17-5-3-13-9-7(5)15-12-10-8(16-11(9)12)6(18-2)4-14-10/h3-4H,1-2H3. The summed E-state index contributed by atoms with van der Waals surface area (Å²) in [6.45, 7) is 0. The van der Waals surface area contributed by atoms with Crippen LogP contribution >= 0.6 is 45.3 Å². The predicted molar refractivity (Wildman–Crippen MR) is 93.0 cm³/mol. The third kappa shape index (κ3) is 1.58. The molecule has 0 aliphatic rings. The van der Waals surface area contributed by atoms with E-state index >= 15 is 0 Å². The molecule has 0 spiro atoms. The summed E-state index contributed by atoms with van der Waals surface area (Å²) < 4.78 is 12.6. The Balaban J connectivity index is 2.17. The summed E-state index contributed by atoms with van der Waals surface area (Å²) in [4.78, 5) is 0. The minimum absolute atomic E-state index is 0.622. The quantitative estimate of drug-likeness (QED) is 0.413. The summed E-state index contributed by atoms with van der Waals surface area (Å²) in [5.74, 6) is 4.64. The van der Waals surface area contributed by atoms with E-state index in [4.69, 9.17) is 0 Å². The second-order valence-corrected chi connectivity index (χ2v) is 11.1. The number of fused-ring (bicyclic) bond motifs is 5. The molecule has 0 aliphatic heterocycles. The van der Waals surface area contributed by atoms with Crippen molar-refractivity contribution in [1.29, 1.82) is 0 Å². The van der Waals surface area contributed by atoms with Crippen molar-refractivity contribution in [2.24, 2.45) is 0 Å². The van der Waals surface area contributed by atoms with Gasteiger partial charge in [0.15, 0.2) is 0 Å². The summed E-state index contributed by atoms with van der Waals surface area (Å²) in [5.41, 5.74) is 0. The molecule has 6 heteroatoms. The van der Waals surface area contributed by atoms with Gasteiger partial charge >= 0.3 is 135 Å². The number of hydrogen-bond donors (Lipinski definition) is 0. The van der Waals surface area contributed by atoms with Gasteiger partial charge in [0.25, 0.3) is 0 Å². The maximum atomic E-state index is 2.37.